The largest absolute Gasteiger partial charge is 0.507 e. The Hall–Kier alpha value is -1.29. The number of hydrogen-bond acceptors (Lipinski definition) is 2. The summed E-state index contributed by atoms with van der Waals surface area (Å²) in [6.45, 7) is 1.08. The molecule has 5 heteroatoms. The maximum Gasteiger partial charge on any atom is 0.260 e. The summed E-state index contributed by atoms with van der Waals surface area (Å²) >= 11 is 5.72. The number of rotatable bonds is 2. The van der Waals surface area contributed by atoms with Gasteiger partial charge in [0, 0.05) is 19.0 Å². The second-order valence-electron chi connectivity index (χ2n) is 4.19. The Bertz CT molecular complexity index is 418. The van der Waals surface area contributed by atoms with E-state index in [1.165, 1.54) is 23.1 Å². The van der Waals surface area contributed by atoms with Crippen LogP contribution in [-0.2, 0) is 0 Å². The van der Waals surface area contributed by atoms with Crippen LogP contribution in [0.15, 0.2) is 18.2 Å². The summed E-state index contributed by atoms with van der Waals surface area (Å²) in [4.78, 5) is 13.6. The Morgan fingerprint density at radius 3 is 2.94 bits per heavy atom. The number of carbonyl (C=O) groups excluding carboxylic acids is 1. The highest BCUT2D eigenvalue weighted by atomic mass is 35.5. The first-order valence-corrected chi connectivity index (χ1v) is 5.99. The standard InChI is InChI=1S/C12H13ClFNO2/c13-6-8-4-5-15(7-8)12(17)11-9(14)2-1-3-10(11)16/h1-3,8,16H,4-7H2. The Morgan fingerprint density at radius 2 is 2.35 bits per heavy atom. The number of nitrogens with zero attached hydrogens (tertiary/aromatic N) is 1. The van der Waals surface area contributed by atoms with Crippen molar-refractivity contribution in [3.05, 3.63) is 29.6 Å². The predicted octanol–water partition coefficient (Wildman–Crippen LogP) is 2.23. The van der Waals surface area contributed by atoms with Gasteiger partial charge in [-0.3, -0.25) is 4.79 Å². The van der Waals surface area contributed by atoms with Gasteiger partial charge in [0.05, 0.1) is 0 Å². The number of likely N-dealkylation sites (tertiary alicyclic amines) is 1. The topological polar surface area (TPSA) is 40.5 Å². The van der Waals surface area contributed by atoms with Gasteiger partial charge in [-0.1, -0.05) is 6.07 Å². The Balaban J connectivity index is 2.21. The fourth-order valence-corrected chi connectivity index (χ4v) is 2.28. The third kappa shape index (κ3) is 2.36. The Labute approximate surface area is 104 Å². The minimum atomic E-state index is -0.690. The van der Waals surface area contributed by atoms with Crippen LogP contribution in [0.2, 0.25) is 0 Å². The SMILES string of the molecule is O=C(c1c(O)cccc1F)N1CCC(CCl)C1. The molecule has 1 aromatic rings. The molecule has 0 aromatic heterocycles. The number of amides is 1. The van der Waals surface area contributed by atoms with Gasteiger partial charge in [0.1, 0.15) is 17.1 Å². The van der Waals surface area contributed by atoms with Crippen molar-refractivity contribution in [2.45, 2.75) is 6.42 Å². The molecule has 0 bridgehead atoms. The number of hydrogen-bond donors (Lipinski definition) is 1. The molecule has 0 saturated carbocycles. The first-order valence-electron chi connectivity index (χ1n) is 5.46. The monoisotopic (exact) mass is 257 g/mol. The van der Waals surface area contributed by atoms with Gasteiger partial charge in [-0.15, -0.1) is 11.6 Å². The molecule has 1 saturated heterocycles. The van der Waals surface area contributed by atoms with E-state index in [9.17, 15) is 14.3 Å². The van der Waals surface area contributed by atoms with Gasteiger partial charge >= 0.3 is 0 Å². The fraction of sp³-hybridized carbons (Fsp3) is 0.417. The van der Waals surface area contributed by atoms with Gasteiger partial charge in [0.2, 0.25) is 0 Å². The lowest BCUT2D eigenvalue weighted by Crippen LogP contribution is -2.29. The highest BCUT2D eigenvalue weighted by molar-refractivity contribution is 6.18. The molecule has 17 heavy (non-hydrogen) atoms. The van der Waals surface area contributed by atoms with Gasteiger partial charge in [-0.05, 0) is 24.5 Å². The average molecular weight is 258 g/mol. The van der Waals surface area contributed by atoms with Crippen LogP contribution in [0.3, 0.4) is 0 Å². The number of carbonyl (C=O) groups is 1. The van der Waals surface area contributed by atoms with Crippen molar-refractivity contribution in [3.63, 3.8) is 0 Å². The third-order valence-electron chi connectivity index (χ3n) is 3.00. The number of aromatic hydroxyl groups is 1. The summed E-state index contributed by atoms with van der Waals surface area (Å²) < 4.78 is 13.5. The number of benzene rings is 1. The minimum Gasteiger partial charge on any atom is -0.507 e. The van der Waals surface area contributed by atoms with E-state index < -0.39 is 11.7 Å². The van der Waals surface area contributed by atoms with E-state index in [0.29, 0.717) is 19.0 Å². The Kier molecular flexibility index (Phi) is 3.52. The summed E-state index contributed by atoms with van der Waals surface area (Å²) in [5.74, 6) is -0.719. The molecule has 1 aromatic carbocycles. The molecule has 0 aliphatic carbocycles. The molecule has 1 amide bonds. The van der Waals surface area contributed by atoms with Crippen molar-refractivity contribution in [1.82, 2.24) is 4.90 Å². The van der Waals surface area contributed by atoms with Gasteiger partial charge in [-0.25, -0.2) is 4.39 Å². The van der Waals surface area contributed by atoms with Crippen LogP contribution in [0.5, 0.6) is 5.75 Å². The lowest BCUT2D eigenvalue weighted by molar-refractivity contribution is 0.0780. The van der Waals surface area contributed by atoms with Crippen LogP contribution in [-0.4, -0.2) is 34.9 Å². The molecule has 0 spiro atoms. The van der Waals surface area contributed by atoms with Gasteiger partial charge in [-0.2, -0.15) is 0 Å². The summed E-state index contributed by atoms with van der Waals surface area (Å²) in [5, 5.41) is 9.53. The zero-order valence-corrected chi connectivity index (χ0v) is 9.95. The van der Waals surface area contributed by atoms with Crippen molar-refractivity contribution in [1.29, 1.82) is 0 Å². The number of phenolic OH excluding ortho intramolecular Hbond substituents is 1. The van der Waals surface area contributed by atoms with E-state index in [0.717, 1.165) is 6.42 Å². The van der Waals surface area contributed by atoms with Crippen LogP contribution in [0.4, 0.5) is 4.39 Å². The van der Waals surface area contributed by atoms with E-state index in [1.807, 2.05) is 0 Å². The van der Waals surface area contributed by atoms with Crippen molar-refractivity contribution in [3.8, 4) is 5.75 Å². The number of halogens is 2. The van der Waals surface area contributed by atoms with Crippen LogP contribution >= 0.6 is 11.6 Å². The second kappa shape index (κ2) is 4.92. The van der Waals surface area contributed by atoms with E-state index in [2.05, 4.69) is 0 Å². The second-order valence-corrected chi connectivity index (χ2v) is 4.50. The van der Waals surface area contributed by atoms with Crippen molar-refractivity contribution in [2.24, 2.45) is 5.92 Å². The van der Waals surface area contributed by atoms with Gasteiger partial charge in [0.15, 0.2) is 0 Å². The molecule has 1 N–H and O–H groups in total. The van der Waals surface area contributed by atoms with Gasteiger partial charge < -0.3 is 10.0 Å². The summed E-state index contributed by atoms with van der Waals surface area (Å²) in [6, 6.07) is 3.85. The molecule has 1 aliphatic heterocycles. The van der Waals surface area contributed by atoms with Crippen LogP contribution in [0.1, 0.15) is 16.8 Å². The smallest absolute Gasteiger partial charge is 0.260 e. The van der Waals surface area contributed by atoms with Crippen molar-refractivity contribution in [2.75, 3.05) is 19.0 Å². The molecule has 0 radical (unpaired) electrons. The normalized spacial score (nSPS) is 19.6. The molecule has 2 rings (SSSR count). The molecule has 1 fully saturated rings. The highest BCUT2D eigenvalue weighted by Crippen LogP contribution is 2.25. The van der Waals surface area contributed by atoms with Crippen LogP contribution < -0.4 is 0 Å². The lowest BCUT2D eigenvalue weighted by atomic mass is 10.1. The van der Waals surface area contributed by atoms with E-state index in [-0.39, 0.29) is 17.2 Å². The maximum atomic E-state index is 13.5. The minimum absolute atomic E-state index is 0.247. The third-order valence-corrected chi connectivity index (χ3v) is 3.43. The molecular formula is C12H13ClFNO2. The molecular weight excluding hydrogens is 245 g/mol. The van der Waals surface area contributed by atoms with E-state index >= 15 is 0 Å². The fourth-order valence-electron chi connectivity index (χ4n) is 2.03. The molecule has 1 unspecified atom stereocenters. The van der Waals surface area contributed by atoms with Gasteiger partial charge in [0.25, 0.3) is 5.91 Å². The zero-order valence-electron chi connectivity index (χ0n) is 9.20. The number of phenols is 1. The molecule has 1 aliphatic rings. The first kappa shape index (κ1) is 12.2. The summed E-state index contributed by atoms with van der Waals surface area (Å²) in [7, 11) is 0. The van der Waals surface area contributed by atoms with Crippen LogP contribution in [0, 0.1) is 11.7 Å². The average Bonchev–Trinajstić information content (AvgIpc) is 2.77. The lowest BCUT2D eigenvalue weighted by Gasteiger charge is -2.17. The first-order chi connectivity index (χ1) is 8.13. The van der Waals surface area contributed by atoms with E-state index in [4.69, 9.17) is 11.6 Å². The Morgan fingerprint density at radius 1 is 1.59 bits per heavy atom. The van der Waals surface area contributed by atoms with Crippen LogP contribution in [0.25, 0.3) is 0 Å². The number of alkyl halides is 1. The molecule has 3 nitrogen and oxygen atoms in total. The summed E-state index contributed by atoms with van der Waals surface area (Å²) in [6.07, 6.45) is 0.824. The molecule has 1 atom stereocenters. The molecule has 1 heterocycles. The van der Waals surface area contributed by atoms with E-state index in [1.54, 1.807) is 0 Å². The maximum absolute atomic E-state index is 13.5. The quantitative estimate of drug-likeness (QED) is 0.826. The van der Waals surface area contributed by atoms with Crippen molar-refractivity contribution >= 4 is 17.5 Å². The summed E-state index contributed by atoms with van der Waals surface area (Å²) in [5.41, 5.74) is -0.247. The zero-order chi connectivity index (χ0) is 12.4. The van der Waals surface area contributed by atoms with Crippen molar-refractivity contribution < 1.29 is 14.3 Å². The highest BCUT2D eigenvalue weighted by Gasteiger charge is 2.29. The molecule has 92 valence electrons. The predicted molar refractivity (Wildman–Crippen MR) is 62.8 cm³/mol.